The van der Waals surface area contributed by atoms with Crippen LogP contribution >= 0.6 is 0 Å². The smallest absolute Gasteiger partial charge is 0.259 e. The minimum atomic E-state index is -3.81. The number of anilines is 2. The van der Waals surface area contributed by atoms with E-state index in [-0.39, 0.29) is 0 Å². The Kier molecular flexibility index (Phi) is 5.28. The van der Waals surface area contributed by atoms with Crippen molar-refractivity contribution in [2.75, 3.05) is 15.5 Å². The van der Waals surface area contributed by atoms with Gasteiger partial charge in [0.05, 0.1) is 11.9 Å². The van der Waals surface area contributed by atoms with Crippen molar-refractivity contribution in [3.8, 4) is 0 Å². The number of carbonyl (C=O) groups excluding carboxylic acids is 1. The Morgan fingerprint density at radius 1 is 0.923 bits per heavy atom. The van der Waals surface area contributed by atoms with Gasteiger partial charge in [-0.15, -0.1) is 0 Å². The maximum Gasteiger partial charge on any atom is 0.259 e. The zero-order chi connectivity index (χ0) is 18.4. The van der Waals surface area contributed by atoms with Crippen molar-refractivity contribution in [2.24, 2.45) is 0 Å². The highest BCUT2D eigenvalue weighted by molar-refractivity contribution is 7.92. The lowest BCUT2D eigenvalue weighted by molar-refractivity contribution is 0.0991. The molecule has 1 N–H and O–H groups in total. The number of amides is 1. The number of para-hydroxylation sites is 1. The Balaban J connectivity index is 1.90. The second kappa shape index (κ2) is 7.79. The third-order valence-electron chi connectivity index (χ3n) is 3.57. The van der Waals surface area contributed by atoms with E-state index < -0.39 is 21.8 Å². The van der Waals surface area contributed by atoms with Crippen molar-refractivity contribution >= 4 is 27.3 Å². The Morgan fingerprint density at radius 2 is 1.58 bits per heavy atom. The predicted octanol–water partition coefficient (Wildman–Crippen LogP) is 3.13. The number of hydrogen-bond donors (Lipinski definition) is 1. The Bertz CT molecular complexity index is 963. The SMILES string of the molecule is O=C(c1ccccc1)N(CS(=O)(=O)Nc1ccccc1)c1cccnc1. The first kappa shape index (κ1) is 17.6. The van der Waals surface area contributed by atoms with Crippen LogP contribution in [0.25, 0.3) is 0 Å². The molecule has 0 saturated heterocycles. The molecule has 0 aliphatic rings. The van der Waals surface area contributed by atoms with Gasteiger partial charge in [-0.1, -0.05) is 36.4 Å². The summed E-state index contributed by atoms with van der Waals surface area (Å²) in [7, 11) is -3.81. The highest BCUT2D eigenvalue weighted by Crippen LogP contribution is 2.18. The summed E-state index contributed by atoms with van der Waals surface area (Å²) in [6.45, 7) is 0. The van der Waals surface area contributed by atoms with E-state index in [4.69, 9.17) is 0 Å². The molecule has 3 rings (SSSR count). The summed E-state index contributed by atoms with van der Waals surface area (Å²) in [6.07, 6.45) is 3.02. The van der Waals surface area contributed by atoms with Crippen LogP contribution in [0.2, 0.25) is 0 Å². The number of nitrogens with one attached hydrogen (secondary N) is 1. The molecule has 26 heavy (non-hydrogen) atoms. The molecule has 132 valence electrons. The van der Waals surface area contributed by atoms with Gasteiger partial charge in [-0.25, -0.2) is 8.42 Å². The largest absolute Gasteiger partial charge is 0.290 e. The van der Waals surface area contributed by atoms with Gasteiger partial charge in [0.1, 0.15) is 5.88 Å². The van der Waals surface area contributed by atoms with Crippen molar-refractivity contribution in [2.45, 2.75) is 0 Å². The number of sulfonamides is 1. The zero-order valence-electron chi connectivity index (χ0n) is 13.8. The van der Waals surface area contributed by atoms with Gasteiger partial charge in [-0.3, -0.25) is 19.4 Å². The highest BCUT2D eigenvalue weighted by Gasteiger charge is 2.24. The normalized spacial score (nSPS) is 10.9. The molecule has 3 aromatic rings. The molecule has 7 heteroatoms. The molecule has 0 atom stereocenters. The van der Waals surface area contributed by atoms with Crippen LogP contribution in [-0.4, -0.2) is 25.2 Å². The minimum absolute atomic E-state index is 0.395. The summed E-state index contributed by atoms with van der Waals surface area (Å²) in [4.78, 5) is 18.1. The van der Waals surface area contributed by atoms with Gasteiger partial charge in [0, 0.05) is 17.4 Å². The Morgan fingerprint density at radius 3 is 2.19 bits per heavy atom. The Hall–Kier alpha value is -3.19. The number of pyridine rings is 1. The van der Waals surface area contributed by atoms with Gasteiger partial charge in [0.2, 0.25) is 0 Å². The fourth-order valence-electron chi connectivity index (χ4n) is 2.39. The first-order chi connectivity index (χ1) is 12.6. The maximum atomic E-state index is 12.9. The Labute approximate surface area is 152 Å². The first-order valence-electron chi connectivity index (χ1n) is 7.88. The van der Waals surface area contributed by atoms with Gasteiger partial charge in [0.15, 0.2) is 0 Å². The van der Waals surface area contributed by atoms with Gasteiger partial charge < -0.3 is 0 Å². The molecule has 0 saturated carbocycles. The van der Waals surface area contributed by atoms with Gasteiger partial charge in [-0.2, -0.15) is 0 Å². The van der Waals surface area contributed by atoms with Crippen molar-refractivity contribution < 1.29 is 13.2 Å². The third-order valence-corrected chi connectivity index (χ3v) is 4.71. The average Bonchev–Trinajstić information content (AvgIpc) is 2.67. The van der Waals surface area contributed by atoms with Crippen LogP contribution in [0.1, 0.15) is 10.4 Å². The van der Waals surface area contributed by atoms with E-state index in [1.807, 2.05) is 0 Å². The molecular weight excluding hydrogens is 350 g/mol. The maximum absolute atomic E-state index is 12.9. The number of nitrogens with zero attached hydrogens (tertiary/aromatic N) is 2. The lowest BCUT2D eigenvalue weighted by Gasteiger charge is -2.22. The molecule has 0 unspecified atom stereocenters. The fraction of sp³-hybridized carbons (Fsp3) is 0.0526. The topological polar surface area (TPSA) is 79.4 Å². The summed E-state index contributed by atoms with van der Waals surface area (Å²) in [5.41, 5.74) is 1.23. The number of rotatable bonds is 6. The molecule has 2 aromatic carbocycles. The molecule has 1 heterocycles. The minimum Gasteiger partial charge on any atom is -0.290 e. The molecule has 1 aromatic heterocycles. The van der Waals surface area contributed by atoms with Crippen LogP contribution in [0, 0.1) is 0 Å². The van der Waals surface area contributed by atoms with Crippen LogP contribution < -0.4 is 9.62 Å². The quantitative estimate of drug-likeness (QED) is 0.726. The molecular formula is C19H17N3O3S. The summed E-state index contributed by atoms with van der Waals surface area (Å²) >= 11 is 0. The molecule has 0 aliphatic carbocycles. The number of aromatic nitrogens is 1. The first-order valence-corrected chi connectivity index (χ1v) is 9.53. The van der Waals surface area contributed by atoms with Gasteiger partial charge in [0.25, 0.3) is 15.9 Å². The third kappa shape index (κ3) is 4.46. The zero-order valence-corrected chi connectivity index (χ0v) is 14.6. The standard InChI is InChI=1S/C19H17N3O3S/c23-19(16-8-3-1-4-9-16)22(18-12-7-13-20-14-18)15-26(24,25)21-17-10-5-2-6-11-17/h1-14,21H,15H2. The summed E-state index contributed by atoms with van der Waals surface area (Å²) in [5, 5.41) is 0. The molecule has 0 bridgehead atoms. The van der Waals surface area contributed by atoms with Gasteiger partial charge in [-0.05, 0) is 36.4 Å². The second-order valence-electron chi connectivity index (χ2n) is 5.52. The monoisotopic (exact) mass is 367 g/mol. The summed E-state index contributed by atoms with van der Waals surface area (Å²) in [6, 6.07) is 20.4. The number of carbonyl (C=O) groups is 1. The fourth-order valence-corrected chi connectivity index (χ4v) is 3.55. The number of hydrogen-bond acceptors (Lipinski definition) is 4. The van der Waals surface area contributed by atoms with Gasteiger partial charge >= 0.3 is 0 Å². The molecule has 6 nitrogen and oxygen atoms in total. The van der Waals surface area contributed by atoms with E-state index in [0.29, 0.717) is 16.9 Å². The van der Waals surface area contributed by atoms with Crippen LogP contribution in [0.15, 0.2) is 85.2 Å². The molecule has 0 radical (unpaired) electrons. The lowest BCUT2D eigenvalue weighted by atomic mass is 10.2. The van der Waals surface area contributed by atoms with Crippen LogP contribution in [0.3, 0.4) is 0 Å². The van der Waals surface area contributed by atoms with E-state index in [0.717, 1.165) is 0 Å². The van der Waals surface area contributed by atoms with Crippen LogP contribution in [-0.2, 0) is 10.0 Å². The van der Waals surface area contributed by atoms with Crippen molar-refractivity contribution in [3.63, 3.8) is 0 Å². The van der Waals surface area contributed by atoms with E-state index in [9.17, 15) is 13.2 Å². The van der Waals surface area contributed by atoms with Crippen LogP contribution in [0.4, 0.5) is 11.4 Å². The molecule has 0 spiro atoms. The van der Waals surface area contributed by atoms with E-state index in [1.54, 1.807) is 79.0 Å². The molecule has 1 amide bonds. The predicted molar refractivity (Wildman–Crippen MR) is 101 cm³/mol. The van der Waals surface area contributed by atoms with Crippen molar-refractivity contribution in [1.29, 1.82) is 0 Å². The highest BCUT2D eigenvalue weighted by atomic mass is 32.2. The van der Waals surface area contributed by atoms with Crippen molar-refractivity contribution in [1.82, 2.24) is 4.98 Å². The van der Waals surface area contributed by atoms with Crippen molar-refractivity contribution in [3.05, 3.63) is 90.8 Å². The van der Waals surface area contributed by atoms with E-state index in [1.165, 1.54) is 11.1 Å². The summed E-state index contributed by atoms with van der Waals surface area (Å²) in [5.74, 6) is -0.946. The average molecular weight is 367 g/mol. The molecule has 0 fully saturated rings. The van der Waals surface area contributed by atoms with E-state index >= 15 is 0 Å². The second-order valence-corrected chi connectivity index (χ2v) is 7.21. The molecule has 0 aliphatic heterocycles. The summed E-state index contributed by atoms with van der Waals surface area (Å²) < 4.78 is 27.7. The number of benzene rings is 2. The van der Waals surface area contributed by atoms with E-state index in [2.05, 4.69) is 9.71 Å². The lowest BCUT2D eigenvalue weighted by Crippen LogP contribution is -2.38. The van der Waals surface area contributed by atoms with Crippen LogP contribution in [0.5, 0.6) is 0 Å².